The lowest BCUT2D eigenvalue weighted by molar-refractivity contribution is 0.0460. The van der Waals surface area contributed by atoms with E-state index in [1.54, 1.807) is 78.9 Å². The van der Waals surface area contributed by atoms with Crippen LogP contribution in [0, 0.1) is 0 Å². The summed E-state index contributed by atoms with van der Waals surface area (Å²) in [7, 11) is 0. The Morgan fingerprint density at radius 2 is 0.907 bits per heavy atom. The van der Waals surface area contributed by atoms with Crippen molar-refractivity contribution in [3.8, 4) is 0 Å². The van der Waals surface area contributed by atoms with Crippen molar-refractivity contribution in [2.75, 3.05) is 0 Å². The normalized spacial score (nSPS) is 11.3. The number of hydrogen-bond donors (Lipinski definition) is 0. The zero-order valence-corrected chi connectivity index (χ0v) is 30.8. The highest BCUT2D eigenvalue weighted by molar-refractivity contribution is 7.99. The van der Waals surface area contributed by atoms with Crippen molar-refractivity contribution in [3.63, 3.8) is 0 Å². The number of rotatable bonds is 11. The fraction of sp³-hybridized carbons (Fsp3) is 0.0435. The number of carbonyl (C=O) groups excluding carboxylic acids is 4. The third kappa shape index (κ3) is 8.20. The van der Waals surface area contributed by atoms with Gasteiger partial charge in [-0.1, -0.05) is 139 Å². The number of hydrogen-bond acceptors (Lipinski definition) is 8. The van der Waals surface area contributed by atoms with Crippen LogP contribution in [-0.2, 0) is 22.7 Å². The maximum absolute atomic E-state index is 14.2. The highest BCUT2D eigenvalue weighted by Crippen LogP contribution is 2.42. The molecule has 0 saturated heterocycles. The summed E-state index contributed by atoms with van der Waals surface area (Å²) in [5.41, 5.74) is 4.49. The first-order valence-corrected chi connectivity index (χ1v) is 18.5. The highest BCUT2D eigenvalue weighted by Gasteiger charge is 2.34. The van der Waals surface area contributed by atoms with E-state index in [9.17, 15) is 19.2 Å². The van der Waals surface area contributed by atoms with E-state index in [4.69, 9.17) is 9.47 Å². The van der Waals surface area contributed by atoms with E-state index in [1.807, 2.05) is 66.7 Å². The van der Waals surface area contributed by atoms with Gasteiger partial charge in [0.15, 0.2) is 11.6 Å². The topological polar surface area (TPSA) is 86.7 Å². The molecule has 0 N–H and O–H groups in total. The van der Waals surface area contributed by atoms with Crippen LogP contribution in [-0.4, -0.2) is 23.5 Å². The minimum Gasteiger partial charge on any atom is -0.457 e. The van der Waals surface area contributed by atoms with E-state index in [1.165, 1.54) is 23.5 Å². The smallest absolute Gasteiger partial charge is 0.339 e. The zero-order chi connectivity index (χ0) is 38.0. The molecule has 0 heterocycles. The summed E-state index contributed by atoms with van der Waals surface area (Å²) >= 11 is 2.48. The van der Waals surface area contributed by atoms with Crippen molar-refractivity contribution in [1.82, 2.24) is 0 Å². The molecule has 1 aliphatic rings. The summed E-state index contributed by atoms with van der Waals surface area (Å²) in [5, 5.41) is 0. The van der Waals surface area contributed by atoms with Gasteiger partial charge in [0.25, 0.3) is 0 Å². The Kier molecular flexibility index (Phi) is 12.2. The van der Waals surface area contributed by atoms with Crippen molar-refractivity contribution in [3.05, 3.63) is 209 Å². The van der Waals surface area contributed by atoms with Gasteiger partial charge >= 0.3 is 11.9 Å². The number of benzene rings is 6. The van der Waals surface area contributed by atoms with Crippen LogP contribution >= 0.6 is 23.5 Å². The Balaban J connectivity index is 0.00000245. The van der Waals surface area contributed by atoms with Crippen LogP contribution in [0.4, 0.5) is 0 Å². The van der Waals surface area contributed by atoms with E-state index in [-0.39, 0.29) is 47.0 Å². The average molecular weight is 747 g/mol. The van der Waals surface area contributed by atoms with Gasteiger partial charge in [-0.25, -0.2) is 9.59 Å². The number of fused-ring (bicyclic) bond motifs is 2. The molecule has 0 radical (unpaired) electrons. The van der Waals surface area contributed by atoms with Crippen LogP contribution in [0.1, 0.15) is 69.2 Å². The number of ketones is 2. The molecular formula is C46H34O6S2. The largest absolute Gasteiger partial charge is 0.457 e. The second kappa shape index (κ2) is 17.5. The Morgan fingerprint density at radius 1 is 0.500 bits per heavy atom. The fourth-order valence-electron chi connectivity index (χ4n) is 5.81. The van der Waals surface area contributed by atoms with E-state index in [0.29, 0.717) is 30.7 Å². The van der Waals surface area contributed by atoms with Crippen LogP contribution in [0.3, 0.4) is 0 Å². The summed E-state index contributed by atoms with van der Waals surface area (Å²) in [6.07, 6.45) is 1.74. The Labute approximate surface area is 322 Å². The van der Waals surface area contributed by atoms with Gasteiger partial charge in [-0.15, -0.1) is 13.2 Å². The first kappa shape index (κ1) is 37.5. The molecule has 0 unspecified atom stereocenters. The molecule has 0 aromatic heterocycles. The lowest BCUT2D eigenvalue weighted by Crippen LogP contribution is -2.22. The minimum atomic E-state index is -0.501. The van der Waals surface area contributed by atoms with E-state index in [2.05, 4.69) is 19.7 Å². The maximum atomic E-state index is 14.2. The van der Waals surface area contributed by atoms with Crippen molar-refractivity contribution in [1.29, 1.82) is 0 Å². The molecule has 6 aromatic rings. The highest BCUT2D eigenvalue weighted by atomic mass is 32.2. The number of ether oxygens (including phenoxy) is 2. The van der Waals surface area contributed by atoms with E-state index >= 15 is 0 Å². The van der Waals surface area contributed by atoms with Gasteiger partial charge in [-0.2, -0.15) is 0 Å². The molecule has 0 atom stereocenters. The molecule has 6 aromatic carbocycles. The molecule has 8 heteroatoms. The summed E-state index contributed by atoms with van der Waals surface area (Å²) in [4.78, 5) is 57.2. The van der Waals surface area contributed by atoms with Crippen molar-refractivity contribution < 1.29 is 28.7 Å². The number of carbonyl (C=O) groups is 4. The molecule has 266 valence electrons. The van der Waals surface area contributed by atoms with Crippen molar-refractivity contribution in [2.45, 2.75) is 32.8 Å². The van der Waals surface area contributed by atoms with Gasteiger partial charge in [-0.05, 0) is 53.1 Å². The van der Waals surface area contributed by atoms with Crippen LogP contribution in [0.25, 0.3) is 6.08 Å². The molecule has 0 spiro atoms. The summed E-state index contributed by atoms with van der Waals surface area (Å²) in [6.45, 7) is 9.98. The van der Waals surface area contributed by atoms with Gasteiger partial charge < -0.3 is 9.47 Å². The lowest BCUT2D eigenvalue weighted by Gasteiger charge is -2.22. The van der Waals surface area contributed by atoms with Gasteiger partial charge in [0.05, 0.1) is 11.1 Å². The molecule has 6 nitrogen and oxygen atoms in total. The van der Waals surface area contributed by atoms with Gasteiger partial charge in [0, 0.05) is 41.8 Å². The van der Waals surface area contributed by atoms with Crippen molar-refractivity contribution >= 4 is 53.1 Å². The standard InChI is InChI=1S/C44H30O6S2.C2H4/c1-2-28-22-24-30(25-23-28)27-50-44(48)32-15-7-9-19-36(32)52-38-21-11-17-34-40(38)42(46)33-16-10-20-37(39(33)41(34)45)51-35-18-8-6-14-31(35)43(47)49-26-29-12-4-3-5-13-29;1-2/h2-25H,1,26-27H2;1-2H2. The molecule has 0 amide bonds. The second-order valence-corrected chi connectivity index (χ2v) is 14.0. The van der Waals surface area contributed by atoms with Gasteiger partial charge in [-0.3, -0.25) is 9.59 Å². The minimum absolute atomic E-state index is 0.0967. The fourth-order valence-corrected chi connectivity index (χ4v) is 8.00. The quantitative estimate of drug-likeness (QED) is 0.0955. The summed E-state index contributed by atoms with van der Waals surface area (Å²) in [5.74, 6) is -1.58. The Hall–Kier alpha value is -6.22. The third-order valence-electron chi connectivity index (χ3n) is 8.45. The molecule has 0 fully saturated rings. The third-order valence-corrected chi connectivity index (χ3v) is 10.7. The molecule has 0 bridgehead atoms. The monoisotopic (exact) mass is 746 g/mol. The Morgan fingerprint density at radius 3 is 1.37 bits per heavy atom. The van der Waals surface area contributed by atoms with Crippen molar-refractivity contribution in [2.24, 2.45) is 0 Å². The van der Waals surface area contributed by atoms with Gasteiger partial charge in [0.2, 0.25) is 0 Å². The summed E-state index contributed by atoms with van der Waals surface area (Å²) < 4.78 is 11.3. The lowest BCUT2D eigenvalue weighted by atomic mass is 9.84. The predicted octanol–water partition coefficient (Wildman–Crippen LogP) is 10.9. The molecular weight excluding hydrogens is 713 g/mol. The SMILES string of the molecule is C=C.C=Cc1ccc(COC(=O)c2ccccc2Sc2cccc3c2C(=O)c2cccc(Sc4ccccc4C(=O)OCc4ccccc4)c2C3=O)cc1. The van der Waals surface area contributed by atoms with Crippen LogP contribution in [0.5, 0.6) is 0 Å². The second-order valence-electron chi connectivity index (χ2n) is 11.8. The summed E-state index contributed by atoms with van der Waals surface area (Å²) in [6, 6.07) is 41.4. The maximum Gasteiger partial charge on any atom is 0.339 e. The zero-order valence-electron chi connectivity index (χ0n) is 29.2. The Bertz CT molecular complexity index is 2370. The molecule has 0 saturated carbocycles. The van der Waals surface area contributed by atoms with Crippen LogP contribution in [0.2, 0.25) is 0 Å². The predicted molar refractivity (Wildman–Crippen MR) is 213 cm³/mol. The van der Waals surface area contributed by atoms with Crippen LogP contribution < -0.4 is 0 Å². The number of esters is 2. The molecule has 0 aliphatic heterocycles. The van der Waals surface area contributed by atoms with E-state index in [0.717, 1.165) is 16.7 Å². The average Bonchev–Trinajstić information content (AvgIpc) is 3.22. The van der Waals surface area contributed by atoms with Gasteiger partial charge in [0.1, 0.15) is 13.2 Å². The molecule has 1 aliphatic carbocycles. The first-order valence-electron chi connectivity index (χ1n) is 16.9. The molecule has 7 rings (SSSR count). The van der Waals surface area contributed by atoms with E-state index < -0.39 is 11.9 Å². The van der Waals surface area contributed by atoms with Crippen LogP contribution in [0.15, 0.2) is 179 Å². The first-order chi connectivity index (χ1) is 26.4. The molecule has 54 heavy (non-hydrogen) atoms.